The van der Waals surface area contributed by atoms with Gasteiger partial charge in [-0.15, -0.1) is 11.3 Å². The minimum atomic E-state index is -1.46. The molecule has 36 heavy (non-hydrogen) atoms. The highest BCUT2D eigenvalue weighted by Crippen LogP contribution is 2.29. The lowest BCUT2D eigenvalue weighted by molar-refractivity contribution is -0.138. The first-order valence-corrected chi connectivity index (χ1v) is 12.1. The molecule has 0 aliphatic carbocycles. The standard InChI is InChI=1S/C21H20FN7O4S.C2H6/c22-14-7-29(18(32)9-31)4-3-17(14)33-16-2-1-12(5-13(16)6-23)19-24-10-25-21(27-19)28-20-15(8-30)26-11-34-20;1-2/h1-2,5,10-11,14,17,30-31H,3-4,7-9H2,(H,24,25,27,28);1-2H3/t14-,17+;/m1./s1. The van der Waals surface area contributed by atoms with Gasteiger partial charge in [0.25, 0.3) is 0 Å². The Labute approximate surface area is 211 Å². The highest BCUT2D eigenvalue weighted by molar-refractivity contribution is 7.14. The number of carbonyl (C=O) groups excluding carboxylic acids is 1. The number of carbonyl (C=O) groups is 1. The molecule has 2 aromatic heterocycles. The second-order valence-corrected chi connectivity index (χ2v) is 8.18. The van der Waals surface area contributed by atoms with Crippen molar-refractivity contribution in [1.82, 2.24) is 24.8 Å². The van der Waals surface area contributed by atoms with Gasteiger partial charge in [-0.05, 0) is 18.2 Å². The zero-order chi connectivity index (χ0) is 26.1. The quantitative estimate of drug-likeness (QED) is 0.427. The lowest BCUT2D eigenvalue weighted by Gasteiger charge is -2.34. The smallest absolute Gasteiger partial charge is 0.248 e. The van der Waals surface area contributed by atoms with Crippen molar-refractivity contribution in [2.24, 2.45) is 0 Å². The van der Waals surface area contributed by atoms with Crippen LogP contribution in [0.3, 0.4) is 0 Å². The summed E-state index contributed by atoms with van der Waals surface area (Å²) in [5, 5.41) is 31.5. The average molecular weight is 516 g/mol. The van der Waals surface area contributed by atoms with Crippen LogP contribution in [0.5, 0.6) is 5.75 Å². The highest BCUT2D eigenvalue weighted by Gasteiger charge is 2.33. The number of benzene rings is 1. The third-order valence-electron chi connectivity index (χ3n) is 5.19. The van der Waals surface area contributed by atoms with E-state index < -0.39 is 24.8 Å². The van der Waals surface area contributed by atoms with Gasteiger partial charge in [0.2, 0.25) is 11.9 Å². The molecule has 0 spiro atoms. The summed E-state index contributed by atoms with van der Waals surface area (Å²) in [7, 11) is 0. The van der Waals surface area contributed by atoms with Gasteiger partial charge in [-0.25, -0.2) is 19.3 Å². The van der Waals surface area contributed by atoms with Gasteiger partial charge in [-0.2, -0.15) is 10.2 Å². The topological polar surface area (TPSA) is 157 Å². The van der Waals surface area contributed by atoms with E-state index in [0.717, 1.165) is 0 Å². The van der Waals surface area contributed by atoms with Gasteiger partial charge in [0.1, 0.15) is 41.6 Å². The summed E-state index contributed by atoms with van der Waals surface area (Å²) in [4.78, 5) is 29.5. The first kappa shape index (κ1) is 26.9. The number of amides is 1. The Morgan fingerprint density at radius 2 is 2.14 bits per heavy atom. The predicted molar refractivity (Wildman–Crippen MR) is 130 cm³/mol. The van der Waals surface area contributed by atoms with Crippen molar-refractivity contribution in [1.29, 1.82) is 5.26 Å². The van der Waals surface area contributed by atoms with Crippen LogP contribution in [0.15, 0.2) is 30.0 Å². The Bertz CT molecular complexity index is 1220. The van der Waals surface area contributed by atoms with Crippen LogP contribution in [0.25, 0.3) is 11.4 Å². The van der Waals surface area contributed by atoms with Gasteiger partial charge in [0.05, 0.1) is 24.2 Å². The molecule has 1 aromatic carbocycles. The number of piperidine rings is 1. The molecular weight excluding hydrogens is 489 g/mol. The third kappa shape index (κ3) is 6.28. The Morgan fingerprint density at radius 1 is 1.33 bits per heavy atom. The number of halogens is 1. The van der Waals surface area contributed by atoms with Crippen molar-refractivity contribution in [2.75, 3.05) is 25.0 Å². The van der Waals surface area contributed by atoms with Crippen molar-refractivity contribution < 1.29 is 24.1 Å². The Kier molecular flexibility index (Phi) is 9.57. The molecule has 190 valence electrons. The van der Waals surface area contributed by atoms with Crippen molar-refractivity contribution in [2.45, 2.75) is 39.2 Å². The van der Waals surface area contributed by atoms with Crippen LogP contribution in [0.1, 0.15) is 31.5 Å². The molecule has 0 radical (unpaired) electrons. The number of thiazole rings is 1. The van der Waals surface area contributed by atoms with Crippen LogP contribution in [0.4, 0.5) is 15.3 Å². The molecule has 13 heteroatoms. The molecule has 4 rings (SSSR count). The molecule has 0 bridgehead atoms. The number of rotatable bonds is 7. The Morgan fingerprint density at radius 3 is 2.83 bits per heavy atom. The highest BCUT2D eigenvalue weighted by atomic mass is 32.1. The van der Waals surface area contributed by atoms with E-state index in [-0.39, 0.29) is 43.4 Å². The maximum absolute atomic E-state index is 14.6. The van der Waals surface area contributed by atoms with Gasteiger partial charge < -0.3 is 25.2 Å². The fourth-order valence-electron chi connectivity index (χ4n) is 3.45. The van der Waals surface area contributed by atoms with Crippen molar-refractivity contribution in [3.05, 3.63) is 41.3 Å². The van der Waals surface area contributed by atoms with Crippen LogP contribution in [-0.2, 0) is 11.4 Å². The van der Waals surface area contributed by atoms with E-state index in [4.69, 9.17) is 9.84 Å². The van der Waals surface area contributed by atoms with Crippen molar-refractivity contribution in [3.8, 4) is 23.2 Å². The van der Waals surface area contributed by atoms with E-state index in [1.807, 2.05) is 19.9 Å². The Hall–Kier alpha value is -3.73. The predicted octanol–water partition coefficient (Wildman–Crippen LogP) is 2.44. The minimum absolute atomic E-state index is 0.178. The third-order valence-corrected chi connectivity index (χ3v) is 5.98. The molecular formula is C23H26FN7O4S. The number of nitrogens with zero attached hydrogens (tertiary/aromatic N) is 6. The molecule has 0 unspecified atom stereocenters. The summed E-state index contributed by atoms with van der Waals surface area (Å²) >= 11 is 1.29. The molecule has 3 aromatic rings. The van der Waals surface area contributed by atoms with Crippen LogP contribution < -0.4 is 10.1 Å². The molecule has 1 aliphatic heterocycles. The number of aliphatic hydroxyl groups is 2. The van der Waals surface area contributed by atoms with E-state index in [2.05, 4.69) is 25.3 Å². The Balaban J connectivity index is 0.00000176. The molecule has 1 amide bonds. The minimum Gasteiger partial charge on any atom is -0.486 e. The molecule has 1 saturated heterocycles. The first-order chi connectivity index (χ1) is 17.5. The van der Waals surface area contributed by atoms with E-state index in [1.165, 1.54) is 28.6 Å². The van der Waals surface area contributed by atoms with Gasteiger partial charge in [0, 0.05) is 18.5 Å². The number of alkyl halides is 1. The maximum Gasteiger partial charge on any atom is 0.248 e. The van der Waals surface area contributed by atoms with Gasteiger partial charge in [0.15, 0.2) is 12.0 Å². The van der Waals surface area contributed by atoms with Gasteiger partial charge in [-0.1, -0.05) is 13.8 Å². The average Bonchev–Trinajstić information content (AvgIpc) is 3.37. The second kappa shape index (κ2) is 12.8. The maximum atomic E-state index is 14.6. The number of ether oxygens (including phenoxy) is 1. The number of hydrogen-bond acceptors (Lipinski definition) is 11. The number of aromatic nitrogens is 4. The van der Waals surface area contributed by atoms with Crippen molar-refractivity contribution in [3.63, 3.8) is 0 Å². The lowest BCUT2D eigenvalue weighted by Crippen LogP contribution is -2.50. The van der Waals surface area contributed by atoms with E-state index in [0.29, 0.717) is 22.1 Å². The zero-order valence-corrected chi connectivity index (χ0v) is 20.6. The zero-order valence-electron chi connectivity index (χ0n) is 19.8. The van der Waals surface area contributed by atoms with Gasteiger partial charge in [-0.3, -0.25) is 4.79 Å². The molecule has 3 heterocycles. The summed E-state index contributed by atoms with van der Waals surface area (Å²) in [6, 6.07) is 6.79. The van der Waals surface area contributed by atoms with E-state index in [9.17, 15) is 19.6 Å². The lowest BCUT2D eigenvalue weighted by atomic mass is 10.0. The summed E-state index contributed by atoms with van der Waals surface area (Å²) in [6.45, 7) is 3.18. The van der Waals surface area contributed by atoms with E-state index >= 15 is 0 Å². The monoisotopic (exact) mass is 515 g/mol. The largest absolute Gasteiger partial charge is 0.486 e. The number of anilines is 2. The van der Waals surface area contributed by atoms with Crippen molar-refractivity contribution >= 4 is 28.2 Å². The number of aliphatic hydroxyl groups excluding tert-OH is 2. The number of likely N-dealkylation sites (tertiary alicyclic amines) is 1. The first-order valence-electron chi connectivity index (χ1n) is 11.3. The molecule has 1 aliphatic rings. The number of hydrogen-bond donors (Lipinski definition) is 3. The SMILES string of the molecule is CC.N#Cc1cc(-c2ncnc(Nc3scnc3CO)n2)ccc1O[C@H]1CCN(C(=O)CO)C[C@H]1F. The molecule has 1 fully saturated rings. The molecule has 2 atom stereocenters. The summed E-state index contributed by atoms with van der Waals surface area (Å²) < 4.78 is 20.3. The van der Waals surface area contributed by atoms with E-state index in [1.54, 1.807) is 17.6 Å². The number of nitrogens with one attached hydrogen (secondary N) is 1. The number of nitriles is 1. The molecule has 0 saturated carbocycles. The summed E-state index contributed by atoms with van der Waals surface area (Å²) in [5.74, 6) is 0.227. The van der Waals surface area contributed by atoms with Crippen LogP contribution >= 0.6 is 11.3 Å². The fourth-order valence-corrected chi connectivity index (χ4v) is 4.13. The summed E-state index contributed by atoms with van der Waals surface area (Å²) in [6.07, 6.45) is -0.734. The van der Waals surface area contributed by atoms with Gasteiger partial charge >= 0.3 is 0 Å². The normalized spacial score (nSPS) is 16.9. The molecule has 11 nitrogen and oxygen atoms in total. The molecule has 3 N–H and O–H groups in total. The van der Waals surface area contributed by atoms with Crippen LogP contribution in [0.2, 0.25) is 0 Å². The second-order valence-electron chi connectivity index (χ2n) is 7.33. The summed E-state index contributed by atoms with van der Waals surface area (Å²) in [5.41, 5.74) is 2.77. The van der Waals surface area contributed by atoms with Crippen LogP contribution in [0, 0.1) is 11.3 Å². The fraction of sp³-hybridized carbons (Fsp3) is 0.391. The van der Waals surface area contributed by atoms with Crippen LogP contribution in [-0.4, -0.2) is 72.9 Å².